The van der Waals surface area contributed by atoms with Crippen LogP contribution in [-0.4, -0.2) is 36.4 Å². The van der Waals surface area contributed by atoms with Gasteiger partial charge < -0.3 is 19.4 Å². The second kappa shape index (κ2) is 9.37. The lowest BCUT2D eigenvalue weighted by Crippen LogP contribution is -2.44. The van der Waals surface area contributed by atoms with Gasteiger partial charge in [0.1, 0.15) is 5.75 Å². The van der Waals surface area contributed by atoms with Crippen LogP contribution in [0.4, 0.5) is 5.69 Å². The minimum atomic E-state index is -0.333. The van der Waals surface area contributed by atoms with Gasteiger partial charge in [-0.05, 0) is 55.4 Å². The number of rotatable bonds is 6. The summed E-state index contributed by atoms with van der Waals surface area (Å²) in [7, 11) is 0. The zero-order chi connectivity index (χ0) is 20.9. The van der Waals surface area contributed by atoms with E-state index in [0.717, 1.165) is 31.8 Å². The second-order valence-electron chi connectivity index (χ2n) is 8.34. The summed E-state index contributed by atoms with van der Waals surface area (Å²) in [6.45, 7) is 4.19. The fraction of sp³-hybridized carbons (Fsp3) is 0.500. The molecule has 2 atom stereocenters. The Balaban J connectivity index is 1.51. The van der Waals surface area contributed by atoms with Crippen LogP contribution in [0.1, 0.15) is 66.4 Å². The lowest BCUT2D eigenvalue weighted by molar-refractivity contribution is 0.0517. The third-order valence-electron chi connectivity index (χ3n) is 6.25. The number of nitrogens with one attached hydrogen (secondary N) is 1. The zero-order valence-electron chi connectivity index (χ0n) is 17.6. The summed E-state index contributed by atoms with van der Waals surface area (Å²) >= 11 is 0. The molecule has 2 heterocycles. The van der Waals surface area contributed by atoms with Gasteiger partial charge in [0.05, 0.1) is 18.4 Å². The molecular formula is C24H30N2O4. The quantitative estimate of drug-likeness (QED) is 0.730. The van der Waals surface area contributed by atoms with Crippen molar-refractivity contribution in [3.63, 3.8) is 0 Å². The Kier molecular flexibility index (Phi) is 6.41. The molecule has 0 spiro atoms. The Morgan fingerprint density at radius 3 is 2.77 bits per heavy atom. The molecule has 30 heavy (non-hydrogen) atoms. The highest BCUT2D eigenvalue weighted by molar-refractivity contribution is 6.03. The van der Waals surface area contributed by atoms with Crippen LogP contribution in [-0.2, 0) is 0 Å². The fourth-order valence-corrected chi connectivity index (χ4v) is 4.66. The first kappa shape index (κ1) is 20.5. The van der Waals surface area contributed by atoms with E-state index in [1.54, 1.807) is 30.3 Å². The number of hydrogen-bond acceptors (Lipinski definition) is 4. The molecule has 2 unspecified atom stereocenters. The van der Waals surface area contributed by atoms with Crippen molar-refractivity contribution >= 4 is 17.5 Å². The van der Waals surface area contributed by atoms with E-state index in [0.29, 0.717) is 29.5 Å². The highest BCUT2D eigenvalue weighted by Crippen LogP contribution is 2.37. The highest BCUT2D eigenvalue weighted by Gasteiger charge is 2.34. The Hall–Kier alpha value is -2.76. The topological polar surface area (TPSA) is 71.8 Å². The van der Waals surface area contributed by atoms with Crippen molar-refractivity contribution in [2.24, 2.45) is 11.8 Å². The van der Waals surface area contributed by atoms with Crippen LogP contribution in [0.5, 0.6) is 5.75 Å². The highest BCUT2D eigenvalue weighted by atomic mass is 16.5. The molecule has 1 aliphatic heterocycles. The van der Waals surface area contributed by atoms with Crippen LogP contribution in [0.25, 0.3) is 0 Å². The number of piperidine rings is 1. The number of fused-ring (bicyclic) bond motifs is 1. The molecule has 2 aliphatic rings. The van der Waals surface area contributed by atoms with E-state index in [1.165, 1.54) is 31.9 Å². The summed E-state index contributed by atoms with van der Waals surface area (Å²) in [5.41, 5.74) is 1.14. The van der Waals surface area contributed by atoms with E-state index < -0.39 is 0 Å². The van der Waals surface area contributed by atoms with Gasteiger partial charge in [0.15, 0.2) is 5.76 Å². The molecule has 1 aliphatic carbocycles. The number of ether oxygens (including phenoxy) is 1. The second-order valence-corrected chi connectivity index (χ2v) is 8.34. The SMILES string of the molecule is CCCOc1cc(NC(=O)c2ccco2)ccc1C(=O)N1CCC2CCCCC2C1. The Labute approximate surface area is 177 Å². The molecule has 1 aromatic heterocycles. The lowest BCUT2D eigenvalue weighted by atomic mass is 9.75. The summed E-state index contributed by atoms with van der Waals surface area (Å²) in [4.78, 5) is 27.6. The van der Waals surface area contributed by atoms with E-state index in [2.05, 4.69) is 5.32 Å². The van der Waals surface area contributed by atoms with E-state index in [1.807, 2.05) is 11.8 Å². The molecule has 2 aromatic rings. The first-order chi connectivity index (χ1) is 14.7. The Morgan fingerprint density at radius 2 is 2.00 bits per heavy atom. The summed E-state index contributed by atoms with van der Waals surface area (Å²) < 4.78 is 11.0. The third kappa shape index (κ3) is 4.53. The fourth-order valence-electron chi connectivity index (χ4n) is 4.66. The zero-order valence-corrected chi connectivity index (χ0v) is 17.6. The standard InChI is InChI=1S/C24H30N2O4/c1-2-13-29-22-15-19(25-23(27)21-8-5-14-30-21)9-10-20(22)24(28)26-12-11-17-6-3-4-7-18(17)16-26/h5,8-10,14-15,17-18H,2-4,6-7,11-13,16H2,1H3,(H,25,27). The van der Waals surface area contributed by atoms with Gasteiger partial charge in [0.25, 0.3) is 11.8 Å². The summed E-state index contributed by atoms with van der Waals surface area (Å²) in [5.74, 6) is 1.85. The van der Waals surface area contributed by atoms with E-state index in [4.69, 9.17) is 9.15 Å². The van der Waals surface area contributed by atoms with Crippen LogP contribution < -0.4 is 10.1 Å². The molecule has 2 fully saturated rings. The Bertz CT molecular complexity index is 877. The van der Waals surface area contributed by atoms with Gasteiger partial charge in [-0.1, -0.05) is 26.2 Å². The van der Waals surface area contributed by atoms with Crippen LogP contribution in [0.2, 0.25) is 0 Å². The predicted octanol–water partition coefficient (Wildman–Crippen LogP) is 4.97. The van der Waals surface area contributed by atoms with Crippen LogP contribution in [0.3, 0.4) is 0 Å². The number of carbonyl (C=O) groups is 2. The first-order valence-corrected chi connectivity index (χ1v) is 11.1. The largest absolute Gasteiger partial charge is 0.493 e. The predicted molar refractivity (Wildman–Crippen MR) is 115 cm³/mol. The molecule has 1 aromatic carbocycles. The number of furan rings is 1. The van der Waals surface area contributed by atoms with E-state index in [-0.39, 0.29) is 17.6 Å². The van der Waals surface area contributed by atoms with Gasteiger partial charge in [0.2, 0.25) is 0 Å². The van der Waals surface area contributed by atoms with Crippen LogP contribution in [0.15, 0.2) is 41.0 Å². The molecule has 0 radical (unpaired) electrons. The molecule has 160 valence electrons. The summed E-state index contributed by atoms with van der Waals surface area (Å²) in [6.07, 6.45) is 8.53. The first-order valence-electron chi connectivity index (χ1n) is 11.1. The third-order valence-corrected chi connectivity index (χ3v) is 6.25. The average molecular weight is 411 g/mol. The van der Waals surface area contributed by atoms with Gasteiger partial charge in [-0.25, -0.2) is 0 Å². The molecule has 4 rings (SSSR count). The molecular weight excluding hydrogens is 380 g/mol. The molecule has 2 amide bonds. The van der Waals surface area contributed by atoms with Crippen molar-refractivity contribution in [1.82, 2.24) is 4.90 Å². The van der Waals surface area contributed by atoms with Crippen molar-refractivity contribution in [2.75, 3.05) is 25.0 Å². The maximum Gasteiger partial charge on any atom is 0.291 e. The van der Waals surface area contributed by atoms with E-state index >= 15 is 0 Å². The summed E-state index contributed by atoms with van der Waals surface area (Å²) in [6, 6.07) is 8.52. The van der Waals surface area contributed by atoms with Gasteiger partial charge in [0, 0.05) is 24.8 Å². The van der Waals surface area contributed by atoms with Crippen molar-refractivity contribution < 1.29 is 18.7 Å². The number of amides is 2. The molecule has 6 heteroatoms. The molecule has 0 bridgehead atoms. The minimum absolute atomic E-state index is 0.0223. The van der Waals surface area contributed by atoms with Gasteiger partial charge in [-0.15, -0.1) is 0 Å². The maximum absolute atomic E-state index is 13.3. The monoisotopic (exact) mass is 410 g/mol. The smallest absolute Gasteiger partial charge is 0.291 e. The number of nitrogens with zero attached hydrogens (tertiary/aromatic N) is 1. The van der Waals surface area contributed by atoms with Crippen LogP contribution in [0, 0.1) is 11.8 Å². The van der Waals surface area contributed by atoms with Crippen molar-refractivity contribution in [3.8, 4) is 5.75 Å². The molecule has 1 saturated heterocycles. The minimum Gasteiger partial charge on any atom is -0.493 e. The van der Waals surface area contributed by atoms with Crippen molar-refractivity contribution in [3.05, 3.63) is 47.9 Å². The number of carbonyl (C=O) groups excluding carboxylic acids is 2. The summed E-state index contributed by atoms with van der Waals surface area (Å²) in [5, 5.41) is 2.81. The number of hydrogen-bond donors (Lipinski definition) is 1. The molecule has 1 saturated carbocycles. The normalized spacial score (nSPS) is 21.0. The number of benzene rings is 1. The van der Waals surface area contributed by atoms with Crippen molar-refractivity contribution in [1.29, 1.82) is 0 Å². The van der Waals surface area contributed by atoms with Crippen molar-refractivity contribution in [2.45, 2.75) is 45.4 Å². The molecule has 1 N–H and O–H groups in total. The van der Waals surface area contributed by atoms with Gasteiger partial charge in [-0.3, -0.25) is 9.59 Å². The average Bonchev–Trinajstić information content (AvgIpc) is 3.32. The molecule has 6 nitrogen and oxygen atoms in total. The lowest BCUT2D eigenvalue weighted by Gasteiger charge is -2.41. The number of anilines is 1. The maximum atomic E-state index is 13.3. The Morgan fingerprint density at radius 1 is 1.17 bits per heavy atom. The number of likely N-dealkylation sites (tertiary alicyclic amines) is 1. The van der Waals surface area contributed by atoms with Gasteiger partial charge in [-0.2, -0.15) is 0 Å². The van der Waals surface area contributed by atoms with E-state index in [9.17, 15) is 9.59 Å². The van der Waals surface area contributed by atoms with Crippen LogP contribution >= 0.6 is 0 Å². The van der Waals surface area contributed by atoms with Gasteiger partial charge >= 0.3 is 0 Å².